The molecule has 0 saturated heterocycles. The fraction of sp³-hybridized carbons (Fsp3) is 0.316. The number of hydrogen-bond acceptors (Lipinski definition) is 3. The maximum atomic E-state index is 10.4. The maximum Gasteiger partial charge on any atom is 0.356 e. The predicted molar refractivity (Wildman–Crippen MR) is 94.9 cm³/mol. The normalized spacial score (nSPS) is 12.0. The van der Waals surface area contributed by atoms with Crippen LogP contribution in [0.4, 0.5) is 5.95 Å². The van der Waals surface area contributed by atoms with Crippen molar-refractivity contribution in [3.05, 3.63) is 54.1 Å². The standard InChI is InChI=1S/C19H23N3O2.ClH/c1-3-21-16-9-5-6-10-17(16)22(19(21)20)12-15(23)13-24-18-11-7-4-8-14(18)2;/h4-11,15,20,23H,3,12-13H2,1-2H3;1H. The molecule has 1 atom stereocenters. The zero-order chi connectivity index (χ0) is 17.1. The van der Waals surface area contributed by atoms with E-state index in [2.05, 4.69) is 6.92 Å². The molecule has 1 unspecified atom stereocenters. The van der Waals surface area contributed by atoms with E-state index in [9.17, 15) is 5.11 Å². The quantitative estimate of drug-likeness (QED) is 0.570. The number of aliphatic hydroxyl groups excluding tert-OH is 1. The molecule has 6 heteroatoms. The van der Waals surface area contributed by atoms with Crippen LogP contribution in [0.15, 0.2) is 48.5 Å². The number of ether oxygens (including phenoxy) is 1. The fourth-order valence-electron chi connectivity index (χ4n) is 3.01. The molecule has 0 amide bonds. The van der Waals surface area contributed by atoms with Gasteiger partial charge < -0.3 is 22.3 Å². The monoisotopic (exact) mass is 361 g/mol. The van der Waals surface area contributed by atoms with Crippen LogP contribution in [-0.4, -0.2) is 22.4 Å². The largest absolute Gasteiger partial charge is 1.00 e. The van der Waals surface area contributed by atoms with Gasteiger partial charge in [0.15, 0.2) is 0 Å². The minimum absolute atomic E-state index is 0. The van der Waals surface area contributed by atoms with Crippen molar-refractivity contribution in [1.29, 1.82) is 0 Å². The molecule has 0 bridgehead atoms. The molecule has 134 valence electrons. The number of para-hydroxylation sites is 3. The first-order valence-electron chi connectivity index (χ1n) is 8.24. The van der Waals surface area contributed by atoms with Gasteiger partial charge in [0.1, 0.15) is 36.0 Å². The van der Waals surface area contributed by atoms with Crippen LogP contribution < -0.4 is 27.4 Å². The van der Waals surface area contributed by atoms with E-state index in [1.807, 2.05) is 64.6 Å². The molecule has 3 N–H and O–H groups in total. The summed E-state index contributed by atoms with van der Waals surface area (Å²) in [6.45, 7) is 5.46. The average molecular weight is 362 g/mol. The lowest BCUT2D eigenvalue weighted by atomic mass is 10.2. The fourth-order valence-corrected chi connectivity index (χ4v) is 3.01. The number of hydrogen-bond donors (Lipinski definition) is 2. The summed E-state index contributed by atoms with van der Waals surface area (Å²) in [5.74, 6) is 1.44. The summed E-state index contributed by atoms with van der Waals surface area (Å²) >= 11 is 0. The van der Waals surface area contributed by atoms with Crippen LogP contribution in [0.1, 0.15) is 12.5 Å². The van der Waals surface area contributed by atoms with E-state index < -0.39 is 6.10 Å². The number of aromatic nitrogens is 2. The zero-order valence-corrected chi connectivity index (χ0v) is 15.3. The smallest absolute Gasteiger partial charge is 0.356 e. The minimum Gasteiger partial charge on any atom is -1.00 e. The second kappa shape index (κ2) is 8.23. The minimum atomic E-state index is -0.645. The van der Waals surface area contributed by atoms with E-state index in [0.717, 1.165) is 28.9 Å². The van der Waals surface area contributed by atoms with Crippen molar-refractivity contribution in [2.45, 2.75) is 33.0 Å². The van der Waals surface area contributed by atoms with Crippen molar-refractivity contribution in [2.75, 3.05) is 12.3 Å². The molecular weight excluding hydrogens is 338 g/mol. The van der Waals surface area contributed by atoms with Crippen LogP contribution in [0.5, 0.6) is 5.75 Å². The lowest BCUT2D eigenvalue weighted by Crippen LogP contribution is -3.00. The summed E-state index contributed by atoms with van der Waals surface area (Å²) < 4.78 is 9.74. The van der Waals surface area contributed by atoms with E-state index in [1.54, 1.807) is 0 Å². The SMILES string of the molecule is CCn1c(N)[n+](CC(O)COc2ccccc2C)c2ccccc21.[Cl-]. The summed E-state index contributed by atoms with van der Waals surface area (Å²) in [5.41, 5.74) is 9.43. The number of benzene rings is 2. The van der Waals surface area contributed by atoms with Gasteiger partial charge in [-0.2, -0.15) is 0 Å². The van der Waals surface area contributed by atoms with E-state index in [1.165, 1.54) is 0 Å². The van der Waals surface area contributed by atoms with Gasteiger partial charge in [0.25, 0.3) is 0 Å². The summed E-state index contributed by atoms with van der Waals surface area (Å²) in [6, 6.07) is 15.8. The summed E-state index contributed by atoms with van der Waals surface area (Å²) in [6.07, 6.45) is -0.645. The number of nitrogens with two attached hydrogens (primary N) is 1. The van der Waals surface area contributed by atoms with Gasteiger partial charge in [0.05, 0.1) is 6.54 Å². The van der Waals surface area contributed by atoms with Crippen molar-refractivity contribution in [1.82, 2.24) is 4.57 Å². The molecule has 25 heavy (non-hydrogen) atoms. The van der Waals surface area contributed by atoms with E-state index in [4.69, 9.17) is 10.5 Å². The molecule has 2 aromatic carbocycles. The zero-order valence-electron chi connectivity index (χ0n) is 14.5. The van der Waals surface area contributed by atoms with E-state index >= 15 is 0 Å². The molecule has 3 rings (SSSR count). The number of halogens is 1. The van der Waals surface area contributed by atoms with Crippen LogP contribution in [0.2, 0.25) is 0 Å². The Balaban J connectivity index is 0.00000225. The highest BCUT2D eigenvalue weighted by Crippen LogP contribution is 2.18. The maximum absolute atomic E-state index is 10.4. The number of aryl methyl sites for hydroxylation is 2. The molecular formula is C19H24ClN3O2. The number of nitrogens with zero attached hydrogens (tertiary/aromatic N) is 2. The first-order valence-corrected chi connectivity index (χ1v) is 8.24. The Bertz CT molecular complexity index is 848. The molecule has 0 saturated carbocycles. The molecule has 0 fully saturated rings. The van der Waals surface area contributed by atoms with Crippen LogP contribution in [0, 0.1) is 6.92 Å². The Morgan fingerprint density at radius 2 is 1.84 bits per heavy atom. The molecule has 3 aromatic rings. The lowest BCUT2D eigenvalue weighted by Gasteiger charge is -2.13. The van der Waals surface area contributed by atoms with Crippen LogP contribution in [-0.2, 0) is 13.1 Å². The van der Waals surface area contributed by atoms with Crippen LogP contribution >= 0.6 is 0 Å². The van der Waals surface area contributed by atoms with Gasteiger partial charge in [-0.15, -0.1) is 0 Å². The van der Waals surface area contributed by atoms with E-state index in [0.29, 0.717) is 12.5 Å². The molecule has 0 spiro atoms. The topological polar surface area (TPSA) is 64.3 Å². The Morgan fingerprint density at radius 3 is 2.56 bits per heavy atom. The van der Waals surface area contributed by atoms with Gasteiger partial charge in [0.2, 0.25) is 0 Å². The molecule has 0 aliphatic rings. The summed E-state index contributed by atoms with van der Waals surface area (Å²) in [7, 11) is 0. The highest BCUT2D eigenvalue weighted by molar-refractivity contribution is 5.73. The Kier molecular flexibility index (Phi) is 6.28. The predicted octanol–water partition coefficient (Wildman–Crippen LogP) is -0.717. The first-order chi connectivity index (χ1) is 11.6. The second-order valence-electron chi connectivity index (χ2n) is 5.93. The Morgan fingerprint density at radius 1 is 1.16 bits per heavy atom. The van der Waals surface area contributed by atoms with Crippen LogP contribution in [0.3, 0.4) is 0 Å². The van der Waals surface area contributed by atoms with Crippen molar-refractivity contribution in [2.24, 2.45) is 0 Å². The van der Waals surface area contributed by atoms with Crippen molar-refractivity contribution < 1.29 is 26.8 Å². The molecule has 0 aliphatic carbocycles. The van der Waals surface area contributed by atoms with Gasteiger partial charge in [-0.1, -0.05) is 30.3 Å². The second-order valence-corrected chi connectivity index (χ2v) is 5.93. The highest BCUT2D eigenvalue weighted by atomic mass is 35.5. The third kappa shape index (κ3) is 3.89. The third-order valence-corrected chi connectivity index (χ3v) is 4.25. The number of aliphatic hydroxyl groups is 1. The number of fused-ring (bicyclic) bond motifs is 1. The summed E-state index contributed by atoms with van der Waals surface area (Å²) in [5, 5.41) is 10.4. The molecule has 5 nitrogen and oxygen atoms in total. The third-order valence-electron chi connectivity index (χ3n) is 4.25. The molecule has 1 heterocycles. The number of nitrogen functional groups attached to an aromatic ring is 1. The molecule has 0 radical (unpaired) electrons. The average Bonchev–Trinajstić information content (AvgIpc) is 2.86. The van der Waals surface area contributed by atoms with Gasteiger partial charge in [-0.3, -0.25) is 5.73 Å². The van der Waals surface area contributed by atoms with Gasteiger partial charge in [-0.25, -0.2) is 9.13 Å². The highest BCUT2D eigenvalue weighted by Gasteiger charge is 2.22. The number of imidazole rings is 1. The molecule has 1 aromatic heterocycles. The number of rotatable bonds is 6. The van der Waals surface area contributed by atoms with Crippen LogP contribution in [0.25, 0.3) is 11.0 Å². The lowest BCUT2D eigenvalue weighted by molar-refractivity contribution is -0.665. The number of anilines is 1. The van der Waals surface area contributed by atoms with Gasteiger partial charge >= 0.3 is 5.95 Å². The van der Waals surface area contributed by atoms with Gasteiger partial charge in [-0.05, 0) is 37.6 Å². The summed E-state index contributed by atoms with van der Waals surface area (Å²) in [4.78, 5) is 0. The Labute approximate surface area is 154 Å². The first kappa shape index (κ1) is 19.1. The molecule has 0 aliphatic heterocycles. The van der Waals surface area contributed by atoms with Crippen molar-refractivity contribution >= 4 is 17.0 Å². The Hall–Kier alpha value is -2.24. The van der Waals surface area contributed by atoms with Gasteiger partial charge in [0, 0.05) is 0 Å². The van der Waals surface area contributed by atoms with Crippen molar-refractivity contribution in [3.8, 4) is 5.75 Å². The van der Waals surface area contributed by atoms with E-state index in [-0.39, 0.29) is 19.0 Å². The van der Waals surface area contributed by atoms with Crippen molar-refractivity contribution in [3.63, 3.8) is 0 Å².